The van der Waals surface area contributed by atoms with Crippen LogP contribution in [-0.2, 0) is 0 Å². The molecule has 3 nitrogen and oxygen atoms in total. The van der Waals surface area contributed by atoms with Crippen LogP contribution in [0.25, 0.3) is 0 Å². The van der Waals surface area contributed by atoms with Crippen LogP contribution in [0.4, 0.5) is 10.1 Å². The monoisotopic (exact) mass is 265 g/mol. The number of hydrogen-bond donors (Lipinski definition) is 1. The van der Waals surface area contributed by atoms with E-state index in [-0.39, 0.29) is 5.82 Å². The Morgan fingerprint density at radius 3 is 2.63 bits per heavy atom. The molecular formula is C15H24FN3. The van der Waals surface area contributed by atoms with E-state index in [1.165, 1.54) is 12.1 Å². The molecule has 0 saturated carbocycles. The highest BCUT2D eigenvalue weighted by molar-refractivity contribution is 5.47. The lowest BCUT2D eigenvalue weighted by Crippen LogP contribution is -2.42. The predicted molar refractivity (Wildman–Crippen MR) is 77.9 cm³/mol. The van der Waals surface area contributed by atoms with Crippen LogP contribution < -0.4 is 10.6 Å². The van der Waals surface area contributed by atoms with Gasteiger partial charge in [-0.3, -0.25) is 0 Å². The molecule has 1 fully saturated rings. The van der Waals surface area contributed by atoms with Crippen molar-refractivity contribution in [3.8, 4) is 0 Å². The topological polar surface area (TPSA) is 32.5 Å². The van der Waals surface area contributed by atoms with Crippen molar-refractivity contribution in [1.82, 2.24) is 4.90 Å². The van der Waals surface area contributed by atoms with Crippen molar-refractivity contribution in [1.29, 1.82) is 0 Å². The van der Waals surface area contributed by atoms with E-state index >= 15 is 0 Å². The smallest absolute Gasteiger partial charge is 0.123 e. The molecule has 0 spiro atoms. The van der Waals surface area contributed by atoms with E-state index in [4.69, 9.17) is 5.73 Å². The minimum absolute atomic E-state index is 0.181. The third-order valence-electron chi connectivity index (χ3n) is 4.14. The Labute approximate surface area is 115 Å². The lowest BCUT2D eigenvalue weighted by atomic mass is 10.1. The van der Waals surface area contributed by atoms with Crippen LogP contribution in [0.1, 0.15) is 19.8 Å². The van der Waals surface area contributed by atoms with E-state index in [2.05, 4.69) is 23.8 Å². The number of benzene rings is 1. The van der Waals surface area contributed by atoms with Gasteiger partial charge in [0.2, 0.25) is 0 Å². The fraction of sp³-hybridized carbons (Fsp3) is 0.600. The minimum Gasteiger partial charge on any atom is -0.367 e. The summed E-state index contributed by atoms with van der Waals surface area (Å²) < 4.78 is 13.1. The van der Waals surface area contributed by atoms with Crippen LogP contribution >= 0.6 is 0 Å². The van der Waals surface area contributed by atoms with Gasteiger partial charge in [0.25, 0.3) is 0 Å². The normalized spacial score (nSPS) is 25.4. The first-order chi connectivity index (χ1) is 9.11. The average molecular weight is 265 g/mol. The maximum Gasteiger partial charge on any atom is 0.123 e. The third-order valence-corrected chi connectivity index (χ3v) is 4.14. The van der Waals surface area contributed by atoms with Gasteiger partial charge in [0.05, 0.1) is 0 Å². The second-order valence-corrected chi connectivity index (χ2v) is 5.48. The molecule has 1 aromatic carbocycles. The van der Waals surface area contributed by atoms with Crippen LogP contribution in [0.5, 0.6) is 0 Å². The lowest BCUT2D eigenvalue weighted by Gasteiger charge is -2.33. The van der Waals surface area contributed by atoms with Crippen LogP contribution in [0, 0.1) is 5.82 Å². The van der Waals surface area contributed by atoms with Gasteiger partial charge in [-0.1, -0.05) is 0 Å². The third kappa shape index (κ3) is 3.45. The lowest BCUT2D eigenvalue weighted by molar-refractivity contribution is 0.253. The molecule has 2 N–H and O–H groups in total. The van der Waals surface area contributed by atoms with Crippen molar-refractivity contribution in [3.63, 3.8) is 0 Å². The van der Waals surface area contributed by atoms with Crippen molar-refractivity contribution in [2.24, 2.45) is 5.73 Å². The number of nitrogens with zero attached hydrogens (tertiary/aromatic N) is 2. The maximum atomic E-state index is 13.1. The summed E-state index contributed by atoms with van der Waals surface area (Å²) in [5.41, 5.74) is 6.85. The fourth-order valence-corrected chi connectivity index (χ4v) is 2.75. The Morgan fingerprint density at radius 1 is 1.32 bits per heavy atom. The zero-order valence-corrected chi connectivity index (χ0v) is 11.8. The number of halogens is 1. The van der Waals surface area contributed by atoms with Gasteiger partial charge in [-0.15, -0.1) is 0 Å². The Hall–Kier alpha value is -1.13. The molecule has 4 heteroatoms. The zero-order valence-electron chi connectivity index (χ0n) is 11.8. The van der Waals surface area contributed by atoms with Crippen molar-refractivity contribution in [2.45, 2.75) is 31.8 Å². The Kier molecular flexibility index (Phi) is 4.77. The molecule has 1 heterocycles. The first-order valence-electron chi connectivity index (χ1n) is 7.04. The van der Waals surface area contributed by atoms with Crippen molar-refractivity contribution in [2.75, 3.05) is 31.6 Å². The van der Waals surface area contributed by atoms with Gasteiger partial charge >= 0.3 is 0 Å². The van der Waals surface area contributed by atoms with E-state index in [1.54, 1.807) is 0 Å². The molecule has 19 heavy (non-hydrogen) atoms. The van der Waals surface area contributed by atoms with Crippen LogP contribution in [0.3, 0.4) is 0 Å². The molecule has 0 bridgehead atoms. The molecule has 2 unspecified atom stereocenters. The largest absolute Gasteiger partial charge is 0.367 e. The Bertz CT molecular complexity index is 393. The standard InChI is InChI=1S/C15H24FN3/c1-12-8-10-19(14-5-3-13(16)4-6-14)15(7-9-17)11-18(12)2/h3-6,12,15H,7-11,17H2,1-2H3. The van der Waals surface area contributed by atoms with Gasteiger partial charge in [-0.25, -0.2) is 4.39 Å². The molecule has 2 rings (SSSR count). The van der Waals surface area contributed by atoms with Gasteiger partial charge in [-0.2, -0.15) is 0 Å². The summed E-state index contributed by atoms with van der Waals surface area (Å²) >= 11 is 0. The molecule has 0 radical (unpaired) electrons. The molecule has 1 aromatic rings. The summed E-state index contributed by atoms with van der Waals surface area (Å²) in [5.74, 6) is -0.181. The average Bonchev–Trinajstić information content (AvgIpc) is 2.52. The molecule has 2 atom stereocenters. The molecular weight excluding hydrogens is 241 g/mol. The van der Waals surface area contributed by atoms with E-state index in [9.17, 15) is 4.39 Å². The van der Waals surface area contributed by atoms with E-state index in [1.807, 2.05) is 12.1 Å². The maximum absolute atomic E-state index is 13.1. The van der Waals surface area contributed by atoms with Crippen molar-refractivity contribution < 1.29 is 4.39 Å². The fourth-order valence-electron chi connectivity index (χ4n) is 2.75. The predicted octanol–water partition coefficient (Wildman–Crippen LogP) is 2.07. The quantitative estimate of drug-likeness (QED) is 0.908. The Balaban J connectivity index is 2.21. The molecule has 0 aliphatic carbocycles. The first-order valence-corrected chi connectivity index (χ1v) is 7.04. The number of likely N-dealkylation sites (N-methyl/N-ethyl adjacent to an activating group) is 1. The molecule has 106 valence electrons. The van der Waals surface area contributed by atoms with Crippen LogP contribution in [0.15, 0.2) is 24.3 Å². The van der Waals surface area contributed by atoms with Gasteiger partial charge in [0.15, 0.2) is 0 Å². The van der Waals surface area contributed by atoms with Gasteiger partial charge in [0.1, 0.15) is 5.82 Å². The van der Waals surface area contributed by atoms with E-state index in [0.717, 1.165) is 31.6 Å². The number of hydrogen-bond acceptors (Lipinski definition) is 3. The summed E-state index contributed by atoms with van der Waals surface area (Å²) in [7, 11) is 2.17. The van der Waals surface area contributed by atoms with E-state index < -0.39 is 0 Å². The van der Waals surface area contributed by atoms with Gasteiger partial charge in [0, 0.05) is 30.9 Å². The highest BCUT2D eigenvalue weighted by Gasteiger charge is 2.26. The molecule has 1 aliphatic rings. The molecule has 0 amide bonds. The van der Waals surface area contributed by atoms with Gasteiger partial charge in [-0.05, 0) is 57.6 Å². The zero-order chi connectivity index (χ0) is 13.8. The summed E-state index contributed by atoms with van der Waals surface area (Å²) in [6.07, 6.45) is 2.09. The SMILES string of the molecule is CC1CCN(c2ccc(F)cc2)C(CCN)CN1C. The second kappa shape index (κ2) is 6.35. The van der Waals surface area contributed by atoms with Crippen molar-refractivity contribution >= 4 is 5.69 Å². The summed E-state index contributed by atoms with van der Waals surface area (Å²) in [6, 6.07) is 7.79. The molecule has 1 aliphatic heterocycles. The number of anilines is 1. The Morgan fingerprint density at radius 2 is 2.00 bits per heavy atom. The van der Waals surface area contributed by atoms with Crippen LogP contribution in [0.2, 0.25) is 0 Å². The van der Waals surface area contributed by atoms with Gasteiger partial charge < -0.3 is 15.5 Å². The summed E-state index contributed by atoms with van der Waals surface area (Å²) in [5, 5.41) is 0. The van der Waals surface area contributed by atoms with E-state index in [0.29, 0.717) is 18.6 Å². The number of nitrogens with two attached hydrogens (primary N) is 1. The molecule has 0 aromatic heterocycles. The number of rotatable bonds is 3. The minimum atomic E-state index is -0.181. The van der Waals surface area contributed by atoms with Crippen molar-refractivity contribution in [3.05, 3.63) is 30.1 Å². The molecule has 1 saturated heterocycles. The van der Waals surface area contributed by atoms with Crippen LogP contribution in [-0.4, -0.2) is 43.7 Å². The summed E-state index contributed by atoms with van der Waals surface area (Å²) in [6.45, 7) is 4.95. The highest BCUT2D eigenvalue weighted by Crippen LogP contribution is 2.23. The highest BCUT2D eigenvalue weighted by atomic mass is 19.1. The second-order valence-electron chi connectivity index (χ2n) is 5.48. The summed E-state index contributed by atoms with van der Waals surface area (Å²) in [4.78, 5) is 4.77. The first kappa shape index (κ1) is 14.3.